The summed E-state index contributed by atoms with van der Waals surface area (Å²) in [5, 5.41) is 7.59. The average Bonchev–Trinajstić information content (AvgIpc) is 3.02. The zero-order chi connectivity index (χ0) is 15.5. The summed E-state index contributed by atoms with van der Waals surface area (Å²) in [4.78, 5) is 13.7. The zero-order valence-corrected chi connectivity index (χ0v) is 12.3. The molecule has 0 saturated carbocycles. The molecule has 1 amide bonds. The lowest BCUT2D eigenvalue weighted by molar-refractivity contribution is -0.133. The Morgan fingerprint density at radius 3 is 2.90 bits per heavy atom. The van der Waals surface area contributed by atoms with E-state index in [9.17, 15) is 13.2 Å². The first-order chi connectivity index (χ1) is 9.95. The van der Waals surface area contributed by atoms with Crippen LogP contribution in [0.1, 0.15) is 12.1 Å². The fourth-order valence-electron chi connectivity index (χ4n) is 2.28. The maximum absolute atomic E-state index is 12.3. The molecule has 0 spiro atoms. The highest BCUT2D eigenvalue weighted by molar-refractivity contribution is 7.91. The van der Waals surface area contributed by atoms with Crippen LogP contribution in [0.25, 0.3) is 0 Å². The zero-order valence-electron chi connectivity index (χ0n) is 11.5. The summed E-state index contributed by atoms with van der Waals surface area (Å²) in [7, 11) is -3.08. The molecule has 8 nitrogen and oxygen atoms in total. The van der Waals surface area contributed by atoms with Crippen molar-refractivity contribution in [3.8, 4) is 12.3 Å². The van der Waals surface area contributed by atoms with Gasteiger partial charge in [-0.2, -0.15) is 0 Å². The second-order valence-corrected chi connectivity index (χ2v) is 7.12. The molecule has 1 fully saturated rings. The summed E-state index contributed by atoms with van der Waals surface area (Å²) < 4.78 is 24.5. The third-order valence-electron chi connectivity index (χ3n) is 3.32. The first kappa shape index (κ1) is 15.5. The molecule has 21 heavy (non-hydrogen) atoms. The molecule has 0 radical (unpaired) electrons. The molecule has 1 aliphatic rings. The molecule has 1 saturated heterocycles. The van der Waals surface area contributed by atoms with Gasteiger partial charge in [0.2, 0.25) is 5.91 Å². The van der Waals surface area contributed by atoms with Crippen molar-refractivity contribution < 1.29 is 13.2 Å². The number of sulfone groups is 1. The van der Waals surface area contributed by atoms with Gasteiger partial charge in [0.05, 0.1) is 29.9 Å². The Kier molecular flexibility index (Phi) is 4.59. The Bertz CT molecular complexity index is 661. The number of nitrogens with zero attached hydrogens (tertiary/aromatic N) is 4. The molecule has 1 aliphatic heterocycles. The van der Waals surface area contributed by atoms with E-state index >= 15 is 0 Å². The molecule has 2 N–H and O–H groups in total. The van der Waals surface area contributed by atoms with E-state index in [0.29, 0.717) is 12.1 Å². The van der Waals surface area contributed by atoms with Gasteiger partial charge in [-0.15, -0.1) is 11.5 Å². The number of rotatable bonds is 5. The molecule has 1 atom stereocenters. The molecule has 1 unspecified atom stereocenters. The van der Waals surface area contributed by atoms with Gasteiger partial charge in [-0.1, -0.05) is 11.1 Å². The number of terminal acetylenes is 1. The quantitative estimate of drug-likeness (QED) is 0.655. The Labute approximate surface area is 123 Å². The Morgan fingerprint density at radius 2 is 2.38 bits per heavy atom. The summed E-state index contributed by atoms with van der Waals surface area (Å²) in [6, 6.07) is -0.365. The number of nitrogens with two attached hydrogens (primary N) is 1. The number of carbonyl (C=O) groups excluding carboxylic acids is 1. The topological polar surface area (TPSA) is 111 Å². The number of aromatic nitrogens is 3. The van der Waals surface area contributed by atoms with Crippen LogP contribution in [0.3, 0.4) is 0 Å². The third kappa shape index (κ3) is 3.80. The number of amides is 1. The second kappa shape index (κ2) is 6.24. The van der Waals surface area contributed by atoms with Gasteiger partial charge in [-0.25, -0.2) is 13.1 Å². The van der Waals surface area contributed by atoms with Crippen molar-refractivity contribution in [3.05, 3.63) is 11.9 Å². The smallest absolute Gasteiger partial charge is 0.245 e. The van der Waals surface area contributed by atoms with Gasteiger partial charge in [-0.05, 0) is 6.42 Å². The highest BCUT2D eigenvalue weighted by Crippen LogP contribution is 2.18. The van der Waals surface area contributed by atoms with Gasteiger partial charge < -0.3 is 10.6 Å². The molecule has 1 aromatic heterocycles. The van der Waals surface area contributed by atoms with Crippen molar-refractivity contribution in [2.24, 2.45) is 5.73 Å². The van der Waals surface area contributed by atoms with Gasteiger partial charge in [-0.3, -0.25) is 4.79 Å². The molecule has 2 rings (SSSR count). The third-order valence-corrected chi connectivity index (χ3v) is 5.07. The van der Waals surface area contributed by atoms with E-state index in [2.05, 4.69) is 16.2 Å². The van der Waals surface area contributed by atoms with E-state index in [1.807, 2.05) is 0 Å². The second-order valence-electron chi connectivity index (χ2n) is 4.89. The maximum Gasteiger partial charge on any atom is 0.245 e. The fourth-order valence-corrected chi connectivity index (χ4v) is 4.01. The normalized spacial score (nSPS) is 20.1. The SMILES string of the molecule is C#CCN(C(=O)Cn1cc(CN)nn1)C1CCS(=O)(=O)C1. The molecule has 0 aromatic carbocycles. The van der Waals surface area contributed by atoms with Crippen molar-refractivity contribution in [3.63, 3.8) is 0 Å². The van der Waals surface area contributed by atoms with E-state index in [4.69, 9.17) is 12.2 Å². The molecule has 0 bridgehead atoms. The van der Waals surface area contributed by atoms with Crippen molar-refractivity contribution in [1.82, 2.24) is 19.9 Å². The first-order valence-corrected chi connectivity index (χ1v) is 8.29. The van der Waals surface area contributed by atoms with Crippen LogP contribution < -0.4 is 5.73 Å². The first-order valence-electron chi connectivity index (χ1n) is 6.47. The minimum absolute atomic E-state index is 0.0359. The van der Waals surface area contributed by atoms with Crippen LogP contribution in [0.2, 0.25) is 0 Å². The van der Waals surface area contributed by atoms with Crippen LogP contribution in [-0.4, -0.2) is 58.3 Å². The van der Waals surface area contributed by atoms with Crippen LogP contribution in [0.15, 0.2) is 6.20 Å². The Hall–Kier alpha value is -1.92. The fraction of sp³-hybridized carbons (Fsp3) is 0.583. The highest BCUT2D eigenvalue weighted by Gasteiger charge is 2.34. The van der Waals surface area contributed by atoms with Gasteiger partial charge in [0.15, 0.2) is 9.84 Å². The lowest BCUT2D eigenvalue weighted by Crippen LogP contribution is -2.43. The number of hydrogen-bond acceptors (Lipinski definition) is 6. The predicted octanol–water partition coefficient (Wildman–Crippen LogP) is -1.61. The molecule has 2 heterocycles. The van der Waals surface area contributed by atoms with Crippen molar-refractivity contribution in [2.45, 2.75) is 25.6 Å². The monoisotopic (exact) mass is 311 g/mol. The van der Waals surface area contributed by atoms with E-state index in [0.717, 1.165) is 0 Å². The Balaban J connectivity index is 2.07. The van der Waals surface area contributed by atoms with Crippen LogP contribution in [0, 0.1) is 12.3 Å². The lowest BCUT2D eigenvalue weighted by Gasteiger charge is -2.26. The molecule has 1 aromatic rings. The average molecular weight is 311 g/mol. The molecule has 0 aliphatic carbocycles. The minimum atomic E-state index is -3.08. The highest BCUT2D eigenvalue weighted by atomic mass is 32.2. The van der Waals surface area contributed by atoms with Crippen LogP contribution in [-0.2, 0) is 27.7 Å². The minimum Gasteiger partial charge on any atom is -0.326 e. The van der Waals surface area contributed by atoms with Crippen molar-refractivity contribution >= 4 is 15.7 Å². The van der Waals surface area contributed by atoms with E-state index in [1.54, 1.807) is 6.20 Å². The van der Waals surface area contributed by atoms with Crippen molar-refractivity contribution in [2.75, 3.05) is 18.1 Å². The number of hydrogen-bond donors (Lipinski definition) is 1. The predicted molar refractivity (Wildman–Crippen MR) is 75.5 cm³/mol. The van der Waals surface area contributed by atoms with E-state index in [1.165, 1.54) is 9.58 Å². The molecule has 9 heteroatoms. The van der Waals surface area contributed by atoms with Gasteiger partial charge in [0.25, 0.3) is 0 Å². The summed E-state index contributed by atoms with van der Waals surface area (Å²) in [5.74, 6) is 2.18. The molecular formula is C12H17N5O3S. The van der Waals surface area contributed by atoms with E-state index < -0.39 is 9.84 Å². The van der Waals surface area contributed by atoms with Crippen molar-refractivity contribution in [1.29, 1.82) is 0 Å². The van der Waals surface area contributed by atoms with Gasteiger partial charge >= 0.3 is 0 Å². The van der Waals surface area contributed by atoms with Crippen LogP contribution >= 0.6 is 0 Å². The summed E-state index contributed by atoms with van der Waals surface area (Å²) >= 11 is 0. The standard InChI is InChI=1S/C12H17N5O3S/c1-2-4-17(11-3-5-21(19,20)9-11)12(18)8-16-7-10(6-13)14-15-16/h1,7,11H,3-6,8-9,13H2. The summed E-state index contributed by atoms with van der Waals surface area (Å²) in [6.45, 7) is 0.284. The maximum atomic E-state index is 12.3. The largest absolute Gasteiger partial charge is 0.326 e. The van der Waals surface area contributed by atoms with Crippen LogP contribution in [0.5, 0.6) is 0 Å². The lowest BCUT2D eigenvalue weighted by atomic mass is 10.2. The molecule has 114 valence electrons. The Morgan fingerprint density at radius 1 is 1.62 bits per heavy atom. The van der Waals surface area contributed by atoms with E-state index in [-0.39, 0.29) is 43.1 Å². The molecular weight excluding hydrogens is 294 g/mol. The summed E-state index contributed by atoms with van der Waals surface area (Å²) in [5.41, 5.74) is 6.00. The number of carbonyl (C=O) groups is 1. The van der Waals surface area contributed by atoms with Gasteiger partial charge in [0, 0.05) is 12.6 Å². The van der Waals surface area contributed by atoms with Crippen LogP contribution in [0.4, 0.5) is 0 Å². The van der Waals surface area contributed by atoms with Gasteiger partial charge in [0.1, 0.15) is 6.54 Å². The summed E-state index contributed by atoms with van der Waals surface area (Å²) in [6.07, 6.45) is 7.28.